The number of nitrogens with zero attached hydrogens (tertiary/aromatic N) is 2. The van der Waals surface area contributed by atoms with Crippen LogP contribution in [-0.2, 0) is 7.05 Å². The number of nitrogens with one attached hydrogen (secondary N) is 1. The van der Waals surface area contributed by atoms with E-state index in [2.05, 4.69) is 24.3 Å². The zero-order valence-corrected chi connectivity index (χ0v) is 20.9. The predicted molar refractivity (Wildman–Crippen MR) is 138 cm³/mol. The molecule has 0 aliphatic heterocycles. The van der Waals surface area contributed by atoms with Crippen molar-refractivity contribution in [3.05, 3.63) is 81.4 Å². The second-order valence-electron chi connectivity index (χ2n) is 8.00. The fraction of sp³-hybridized carbons (Fsp3) is 0.385. The first-order valence-electron chi connectivity index (χ1n) is 11.0. The molecule has 0 saturated heterocycles. The van der Waals surface area contributed by atoms with E-state index in [0.29, 0.717) is 23.6 Å². The third-order valence-corrected chi connectivity index (χ3v) is 5.96. The van der Waals surface area contributed by atoms with Gasteiger partial charge in [-0.2, -0.15) is 0 Å². The van der Waals surface area contributed by atoms with E-state index < -0.39 is 0 Å². The minimum Gasteiger partial charge on any atom is -0.442 e. The Labute approximate surface area is 196 Å². The maximum Gasteiger partial charge on any atom is 0.253 e. The molecule has 32 heavy (non-hydrogen) atoms. The normalized spacial score (nSPS) is 12.1. The average molecular weight is 454 g/mol. The van der Waals surface area contributed by atoms with Gasteiger partial charge in [-0.25, -0.2) is 4.99 Å². The Morgan fingerprint density at radius 3 is 2.56 bits per heavy atom. The first-order chi connectivity index (χ1) is 15.2. The van der Waals surface area contributed by atoms with Crippen molar-refractivity contribution in [3.8, 4) is 5.75 Å². The second-order valence-corrected chi connectivity index (χ2v) is 8.90. The summed E-state index contributed by atoms with van der Waals surface area (Å²) in [6, 6.07) is 7.89. The molecular weight excluding hydrogens is 418 g/mol. The minimum atomic E-state index is -0.0252. The van der Waals surface area contributed by atoms with Crippen LogP contribution >= 0.6 is 11.9 Å². The van der Waals surface area contributed by atoms with Crippen LogP contribution in [0.15, 0.2) is 58.6 Å². The molecule has 1 aromatic heterocycles. The molecule has 0 amide bonds. The number of allylic oxidation sites excluding steroid dienone is 1. The Bertz CT molecular complexity index is 1020. The number of aromatic nitrogens is 1. The Balaban J connectivity index is 2.30. The fourth-order valence-electron chi connectivity index (χ4n) is 3.10. The zero-order chi connectivity index (χ0) is 23.7. The molecule has 0 radical (unpaired) electrons. The maximum atomic E-state index is 12.0. The van der Waals surface area contributed by atoms with Crippen LogP contribution in [0, 0.1) is 20.8 Å². The smallest absolute Gasteiger partial charge is 0.253 e. The second kappa shape index (κ2) is 12.3. The van der Waals surface area contributed by atoms with Gasteiger partial charge >= 0.3 is 0 Å². The highest BCUT2D eigenvalue weighted by atomic mass is 32.2. The first-order valence-corrected chi connectivity index (χ1v) is 11.9. The summed E-state index contributed by atoms with van der Waals surface area (Å²) in [5.41, 5.74) is 5.14. The van der Waals surface area contributed by atoms with Crippen LogP contribution < -0.4 is 15.0 Å². The van der Waals surface area contributed by atoms with E-state index in [1.807, 2.05) is 45.0 Å². The van der Waals surface area contributed by atoms with Crippen LogP contribution in [-0.4, -0.2) is 16.2 Å². The van der Waals surface area contributed by atoms with Gasteiger partial charge in [0.25, 0.3) is 5.56 Å². The largest absolute Gasteiger partial charge is 0.442 e. The van der Waals surface area contributed by atoms with Crippen LogP contribution in [0.5, 0.6) is 5.75 Å². The van der Waals surface area contributed by atoms with E-state index in [1.54, 1.807) is 36.7 Å². The quantitative estimate of drug-likeness (QED) is 0.205. The summed E-state index contributed by atoms with van der Waals surface area (Å²) in [6.45, 7) is 14.2. The number of para-hydroxylation sites is 1. The molecule has 6 heteroatoms. The van der Waals surface area contributed by atoms with Crippen LogP contribution in [0.3, 0.4) is 0 Å². The molecule has 2 rings (SSSR count). The van der Waals surface area contributed by atoms with Crippen molar-refractivity contribution in [3.63, 3.8) is 0 Å². The number of rotatable bonds is 10. The van der Waals surface area contributed by atoms with Crippen molar-refractivity contribution in [1.29, 1.82) is 0 Å². The van der Waals surface area contributed by atoms with Gasteiger partial charge in [-0.15, -0.1) is 0 Å². The lowest BCUT2D eigenvalue weighted by Gasteiger charge is -2.14. The summed E-state index contributed by atoms with van der Waals surface area (Å²) in [5.74, 6) is 2.44. The number of aryl methyl sites for hydroxylation is 4. The highest BCUT2D eigenvalue weighted by molar-refractivity contribution is 7.97. The molecule has 0 aliphatic carbocycles. The fourth-order valence-corrected chi connectivity index (χ4v) is 3.95. The minimum absolute atomic E-state index is 0.0252. The summed E-state index contributed by atoms with van der Waals surface area (Å²) in [4.78, 5) is 16.8. The highest BCUT2D eigenvalue weighted by Gasteiger charge is 2.10. The third-order valence-electron chi connectivity index (χ3n) is 5.00. The highest BCUT2D eigenvalue weighted by Crippen LogP contribution is 2.24. The number of aliphatic imine (C=N–C) groups is 1. The Kier molecular flexibility index (Phi) is 9.85. The molecule has 1 heterocycles. The Morgan fingerprint density at radius 1 is 1.25 bits per heavy atom. The maximum absolute atomic E-state index is 12.0. The van der Waals surface area contributed by atoms with E-state index in [9.17, 15) is 4.79 Å². The molecule has 0 bridgehead atoms. The molecule has 0 aliphatic rings. The summed E-state index contributed by atoms with van der Waals surface area (Å²) in [5, 5.41) is 0. The molecule has 2 aromatic rings. The summed E-state index contributed by atoms with van der Waals surface area (Å²) in [7, 11) is 1.73. The van der Waals surface area contributed by atoms with Gasteiger partial charge in [0.05, 0.1) is 5.70 Å². The van der Waals surface area contributed by atoms with Crippen molar-refractivity contribution in [2.45, 2.75) is 53.9 Å². The topological polar surface area (TPSA) is 55.6 Å². The van der Waals surface area contributed by atoms with Crippen LogP contribution in [0.4, 0.5) is 0 Å². The lowest BCUT2D eigenvalue weighted by atomic mass is 10.1. The van der Waals surface area contributed by atoms with Gasteiger partial charge in [0.2, 0.25) is 0 Å². The van der Waals surface area contributed by atoms with E-state index in [1.165, 1.54) is 12.8 Å². The van der Waals surface area contributed by atoms with Crippen molar-refractivity contribution >= 4 is 23.5 Å². The molecular formula is C26H35N3O2S. The van der Waals surface area contributed by atoms with Crippen LogP contribution in [0.2, 0.25) is 0 Å². The molecule has 0 saturated carbocycles. The SMILES string of the molecule is C=C(/N=C(\C/C=C(\C)NSCCCC)Oc1c(C)cccc1C)c1cc(C)c(=O)n(C)c1. The van der Waals surface area contributed by atoms with Gasteiger partial charge in [-0.3, -0.25) is 4.79 Å². The third kappa shape index (κ3) is 7.45. The van der Waals surface area contributed by atoms with E-state index in [4.69, 9.17) is 9.73 Å². The van der Waals surface area contributed by atoms with Gasteiger partial charge in [0, 0.05) is 42.2 Å². The molecule has 0 atom stereocenters. The Hall–Kier alpha value is -2.73. The van der Waals surface area contributed by atoms with E-state index in [0.717, 1.165) is 33.9 Å². The zero-order valence-electron chi connectivity index (χ0n) is 20.1. The van der Waals surface area contributed by atoms with Crippen LogP contribution in [0.1, 0.15) is 55.4 Å². The van der Waals surface area contributed by atoms with Crippen LogP contribution in [0.25, 0.3) is 5.70 Å². The van der Waals surface area contributed by atoms with Crippen molar-refractivity contribution in [2.75, 3.05) is 5.75 Å². The first kappa shape index (κ1) is 25.5. The molecule has 0 fully saturated rings. The summed E-state index contributed by atoms with van der Waals surface area (Å²) >= 11 is 1.71. The molecule has 1 aromatic carbocycles. The lowest BCUT2D eigenvalue weighted by Crippen LogP contribution is -2.19. The number of unbranched alkanes of at least 4 members (excludes halogenated alkanes) is 1. The molecule has 5 nitrogen and oxygen atoms in total. The van der Waals surface area contributed by atoms with Crippen molar-refractivity contribution < 1.29 is 4.74 Å². The number of ether oxygens (including phenoxy) is 1. The molecule has 172 valence electrons. The lowest BCUT2D eigenvalue weighted by molar-refractivity contribution is 0.531. The van der Waals surface area contributed by atoms with Gasteiger partial charge in [-0.05, 0) is 51.3 Å². The van der Waals surface area contributed by atoms with E-state index in [-0.39, 0.29) is 5.56 Å². The average Bonchev–Trinajstić information content (AvgIpc) is 2.75. The molecule has 1 N–H and O–H groups in total. The Morgan fingerprint density at radius 2 is 1.94 bits per heavy atom. The van der Waals surface area contributed by atoms with Gasteiger partial charge in [0.15, 0.2) is 5.90 Å². The summed E-state index contributed by atoms with van der Waals surface area (Å²) < 4.78 is 11.2. The van der Waals surface area contributed by atoms with Gasteiger partial charge < -0.3 is 14.0 Å². The monoisotopic (exact) mass is 453 g/mol. The summed E-state index contributed by atoms with van der Waals surface area (Å²) in [6.07, 6.45) is 6.72. The number of hydrogen-bond acceptors (Lipinski definition) is 5. The molecule has 0 spiro atoms. The number of pyridine rings is 1. The predicted octanol–water partition coefficient (Wildman–Crippen LogP) is 6.09. The van der Waals surface area contributed by atoms with Gasteiger partial charge in [0.1, 0.15) is 5.75 Å². The van der Waals surface area contributed by atoms with Gasteiger partial charge in [-0.1, -0.05) is 56.1 Å². The number of hydrogen-bond donors (Lipinski definition) is 1. The van der Waals surface area contributed by atoms with E-state index >= 15 is 0 Å². The molecule has 0 unspecified atom stereocenters. The number of benzene rings is 1. The standard InChI is InChI=1S/C26H35N3O2S/c1-8-9-15-32-28-21(5)13-14-24(31-25-18(2)11-10-12-19(25)3)27-22(6)23-16-20(4)26(30)29(7)17-23/h10-13,16-17,28H,6,8-9,14-15H2,1-5,7H3/b21-13+,27-24+. The van der Waals surface area contributed by atoms with Crippen molar-refractivity contribution in [2.24, 2.45) is 12.0 Å². The van der Waals surface area contributed by atoms with Crippen molar-refractivity contribution in [1.82, 2.24) is 9.29 Å².